The van der Waals surface area contributed by atoms with Crippen LogP contribution in [0.3, 0.4) is 0 Å². The summed E-state index contributed by atoms with van der Waals surface area (Å²) >= 11 is 0. The molecule has 1 aliphatic heterocycles. The van der Waals surface area contributed by atoms with Gasteiger partial charge in [0.05, 0.1) is 5.41 Å². The largest absolute Gasteiger partial charge is 0.334 e. The predicted octanol–water partition coefficient (Wildman–Crippen LogP) is 1.90. The molecule has 1 N–H and O–H groups in total. The van der Waals surface area contributed by atoms with E-state index >= 15 is 0 Å². The van der Waals surface area contributed by atoms with Gasteiger partial charge >= 0.3 is 6.03 Å². The number of imide groups is 1. The SMILES string of the molecule is CC12CCCC1NC(=O)N(C(C)(C)C)C2=O. The van der Waals surface area contributed by atoms with Gasteiger partial charge in [0.25, 0.3) is 0 Å². The highest BCUT2D eigenvalue weighted by atomic mass is 16.2. The van der Waals surface area contributed by atoms with Crippen LogP contribution in [0.5, 0.6) is 0 Å². The van der Waals surface area contributed by atoms with Gasteiger partial charge in [-0.05, 0) is 40.5 Å². The molecule has 1 aliphatic carbocycles. The smallest absolute Gasteiger partial charge is 0.324 e. The predicted molar refractivity (Wildman–Crippen MR) is 60.9 cm³/mol. The fourth-order valence-corrected chi connectivity index (χ4v) is 2.82. The van der Waals surface area contributed by atoms with Gasteiger partial charge in [-0.1, -0.05) is 6.42 Å². The number of amides is 3. The molecule has 0 aromatic heterocycles. The zero-order valence-corrected chi connectivity index (χ0v) is 10.5. The molecular formula is C12H20N2O2. The number of nitrogens with one attached hydrogen (secondary N) is 1. The molecule has 1 saturated carbocycles. The fourth-order valence-electron chi connectivity index (χ4n) is 2.82. The van der Waals surface area contributed by atoms with Crippen molar-refractivity contribution in [3.8, 4) is 0 Å². The van der Waals surface area contributed by atoms with Crippen molar-refractivity contribution in [3.05, 3.63) is 0 Å². The van der Waals surface area contributed by atoms with Crippen molar-refractivity contribution in [2.24, 2.45) is 5.41 Å². The number of nitrogens with zero attached hydrogens (tertiary/aromatic N) is 1. The van der Waals surface area contributed by atoms with Crippen molar-refractivity contribution in [2.75, 3.05) is 0 Å². The molecular weight excluding hydrogens is 204 g/mol. The number of hydrogen-bond donors (Lipinski definition) is 1. The molecule has 2 atom stereocenters. The van der Waals surface area contributed by atoms with E-state index in [9.17, 15) is 9.59 Å². The number of fused-ring (bicyclic) bond motifs is 1. The lowest BCUT2D eigenvalue weighted by Crippen LogP contribution is -2.67. The molecule has 1 saturated heterocycles. The van der Waals surface area contributed by atoms with Crippen LogP contribution in [0, 0.1) is 5.41 Å². The van der Waals surface area contributed by atoms with E-state index in [1.807, 2.05) is 27.7 Å². The second kappa shape index (κ2) is 3.22. The maximum atomic E-state index is 12.5. The lowest BCUT2D eigenvalue weighted by atomic mass is 9.80. The first-order chi connectivity index (χ1) is 7.27. The average Bonchev–Trinajstić information content (AvgIpc) is 2.46. The third kappa shape index (κ3) is 1.43. The Morgan fingerprint density at radius 2 is 2.00 bits per heavy atom. The molecule has 2 unspecified atom stereocenters. The molecule has 4 heteroatoms. The van der Waals surface area contributed by atoms with Crippen molar-refractivity contribution >= 4 is 11.9 Å². The van der Waals surface area contributed by atoms with Gasteiger partial charge < -0.3 is 5.32 Å². The van der Waals surface area contributed by atoms with E-state index in [1.165, 1.54) is 4.90 Å². The van der Waals surface area contributed by atoms with Crippen molar-refractivity contribution in [3.63, 3.8) is 0 Å². The van der Waals surface area contributed by atoms with Gasteiger partial charge in [-0.25, -0.2) is 4.79 Å². The first-order valence-corrected chi connectivity index (χ1v) is 5.92. The van der Waals surface area contributed by atoms with E-state index in [2.05, 4.69) is 5.32 Å². The quantitative estimate of drug-likeness (QED) is 0.683. The maximum Gasteiger partial charge on any atom is 0.324 e. The molecule has 2 aliphatic rings. The Bertz CT molecular complexity index is 345. The van der Waals surface area contributed by atoms with Crippen molar-refractivity contribution in [1.82, 2.24) is 10.2 Å². The molecule has 1 heterocycles. The molecule has 0 radical (unpaired) electrons. The number of urea groups is 1. The summed E-state index contributed by atoms with van der Waals surface area (Å²) in [6.07, 6.45) is 2.82. The van der Waals surface area contributed by atoms with Crippen LogP contribution in [-0.4, -0.2) is 28.4 Å². The summed E-state index contributed by atoms with van der Waals surface area (Å²) in [4.78, 5) is 25.8. The summed E-state index contributed by atoms with van der Waals surface area (Å²) in [6, 6.07) is -0.201. The van der Waals surface area contributed by atoms with Crippen molar-refractivity contribution in [1.29, 1.82) is 0 Å². The summed E-state index contributed by atoms with van der Waals surface area (Å²) in [6.45, 7) is 7.65. The number of rotatable bonds is 0. The Morgan fingerprint density at radius 1 is 1.38 bits per heavy atom. The van der Waals surface area contributed by atoms with E-state index in [0.29, 0.717) is 0 Å². The normalized spacial score (nSPS) is 35.0. The first-order valence-electron chi connectivity index (χ1n) is 5.92. The van der Waals surface area contributed by atoms with Gasteiger partial charge in [0.15, 0.2) is 0 Å². The minimum Gasteiger partial charge on any atom is -0.334 e. The highest BCUT2D eigenvalue weighted by Crippen LogP contribution is 2.43. The zero-order chi connectivity index (χ0) is 12.1. The third-order valence-electron chi connectivity index (χ3n) is 3.82. The van der Waals surface area contributed by atoms with Crippen molar-refractivity contribution in [2.45, 2.75) is 58.5 Å². The van der Waals surface area contributed by atoms with Crippen LogP contribution < -0.4 is 5.32 Å². The van der Waals surface area contributed by atoms with Crippen LogP contribution in [0.15, 0.2) is 0 Å². The molecule has 16 heavy (non-hydrogen) atoms. The standard InChI is InChI=1S/C12H20N2O2/c1-11(2,3)14-9(15)12(4)7-5-6-8(12)13-10(14)16/h8H,5-7H2,1-4H3,(H,13,16). The summed E-state index contributed by atoms with van der Waals surface area (Å²) in [5.41, 5.74) is -0.834. The van der Waals surface area contributed by atoms with Crippen LogP contribution in [0.1, 0.15) is 47.0 Å². The first kappa shape index (κ1) is 11.4. The lowest BCUT2D eigenvalue weighted by molar-refractivity contribution is -0.145. The van der Waals surface area contributed by atoms with Crippen molar-refractivity contribution < 1.29 is 9.59 Å². The van der Waals surface area contributed by atoms with E-state index in [0.717, 1.165) is 19.3 Å². The molecule has 2 fully saturated rings. The molecule has 3 amide bonds. The molecule has 4 nitrogen and oxygen atoms in total. The van der Waals surface area contributed by atoms with Gasteiger partial charge in [0, 0.05) is 11.6 Å². The van der Waals surface area contributed by atoms with E-state index in [4.69, 9.17) is 0 Å². The Kier molecular flexibility index (Phi) is 2.30. The summed E-state index contributed by atoms with van der Waals surface area (Å²) in [7, 11) is 0. The average molecular weight is 224 g/mol. The third-order valence-corrected chi connectivity index (χ3v) is 3.82. The van der Waals surface area contributed by atoms with Gasteiger partial charge in [0.2, 0.25) is 5.91 Å². The van der Waals surface area contributed by atoms with Gasteiger partial charge in [-0.2, -0.15) is 0 Å². The Labute approximate surface area is 96.4 Å². The van der Waals surface area contributed by atoms with Crippen LogP contribution in [0.25, 0.3) is 0 Å². The fraction of sp³-hybridized carbons (Fsp3) is 0.833. The topological polar surface area (TPSA) is 49.4 Å². The minimum atomic E-state index is -0.447. The maximum absolute atomic E-state index is 12.5. The summed E-state index contributed by atoms with van der Waals surface area (Å²) in [5.74, 6) is -0.00810. The molecule has 2 rings (SSSR count). The second-order valence-electron chi connectivity index (χ2n) is 6.12. The minimum absolute atomic E-state index is 0.00810. The van der Waals surface area contributed by atoms with Gasteiger partial charge in [-0.3, -0.25) is 9.69 Å². The van der Waals surface area contributed by atoms with Gasteiger partial charge in [0.1, 0.15) is 0 Å². The Balaban J connectivity index is 2.37. The summed E-state index contributed by atoms with van der Waals surface area (Å²) < 4.78 is 0. The lowest BCUT2D eigenvalue weighted by Gasteiger charge is -2.46. The van der Waals surface area contributed by atoms with E-state index in [-0.39, 0.29) is 23.4 Å². The second-order valence-corrected chi connectivity index (χ2v) is 6.12. The Morgan fingerprint density at radius 3 is 2.56 bits per heavy atom. The highest BCUT2D eigenvalue weighted by molar-refractivity contribution is 6.01. The van der Waals surface area contributed by atoms with E-state index < -0.39 is 5.54 Å². The highest BCUT2D eigenvalue weighted by Gasteiger charge is 2.54. The van der Waals surface area contributed by atoms with Crippen LogP contribution in [0.2, 0.25) is 0 Å². The van der Waals surface area contributed by atoms with Crippen LogP contribution in [0.4, 0.5) is 4.79 Å². The zero-order valence-electron chi connectivity index (χ0n) is 10.5. The number of hydrogen-bond acceptors (Lipinski definition) is 2. The molecule has 0 spiro atoms. The van der Waals surface area contributed by atoms with Crippen LogP contribution >= 0.6 is 0 Å². The monoisotopic (exact) mass is 224 g/mol. The number of carbonyl (C=O) groups excluding carboxylic acids is 2. The molecule has 0 bridgehead atoms. The Hall–Kier alpha value is -1.06. The number of carbonyl (C=O) groups is 2. The van der Waals surface area contributed by atoms with Gasteiger partial charge in [-0.15, -0.1) is 0 Å². The molecule has 0 aromatic rings. The molecule has 0 aromatic carbocycles. The summed E-state index contributed by atoms with van der Waals surface area (Å²) in [5, 5.41) is 2.97. The van der Waals surface area contributed by atoms with E-state index in [1.54, 1.807) is 0 Å². The van der Waals surface area contributed by atoms with Crippen LogP contribution in [-0.2, 0) is 4.79 Å². The molecule has 90 valence electrons.